The number of halogens is 3. The molecule has 170 valence electrons. The summed E-state index contributed by atoms with van der Waals surface area (Å²) in [6.07, 6.45) is -0.826. The van der Waals surface area contributed by atoms with E-state index in [1.54, 1.807) is 29.1 Å². The Labute approximate surface area is 192 Å². The van der Waals surface area contributed by atoms with Crippen LogP contribution in [0.5, 0.6) is 0 Å². The highest BCUT2D eigenvalue weighted by Gasteiger charge is 2.30. The molecule has 0 saturated carbocycles. The van der Waals surface area contributed by atoms with Crippen molar-refractivity contribution in [3.8, 4) is 10.6 Å². The number of anilines is 2. The third kappa shape index (κ3) is 5.40. The highest BCUT2D eigenvalue weighted by Crippen LogP contribution is 2.31. The first-order chi connectivity index (χ1) is 15.7. The maximum Gasteiger partial charge on any atom is 0.416 e. The molecule has 0 aliphatic heterocycles. The van der Waals surface area contributed by atoms with E-state index >= 15 is 0 Å². The topological polar surface area (TPSA) is 71.8 Å². The Balaban J connectivity index is 1.44. The summed E-state index contributed by atoms with van der Waals surface area (Å²) in [6, 6.07) is 9.64. The van der Waals surface area contributed by atoms with Crippen LogP contribution in [-0.4, -0.2) is 20.7 Å². The van der Waals surface area contributed by atoms with Gasteiger partial charge in [0.05, 0.1) is 24.0 Å². The van der Waals surface area contributed by atoms with Crippen LogP contribution in [0.15, 0.2) is 60.2 Å². The molecule has 0 radical (unpaired) electrons. The van der Waals surface area contributed by atoms with E-state index in [9.17, 15) is 18.0 Å². The SMILES string of the molecule is Cc1ccc(C(=O)Nc2cccc(C(F)(F)F)c2)cc1NCc1csc(-c2cnn(C)c2)n1. The number of benzene rings is 2. The maximum atomic E-state index is 12.9. The molecule has 2 heterocycles. The second-order valence-electron chi connectivity index (χ2n) is 7.46. The molecule has 1 amide bonds. The summed E-state index contributed by atoms with van der Waals surface area (Å²) in [6.45, 7) is 2.36. The summed E-state index contributed by atoms with van der Waals surface area (Å²) in [4.78, 5) is 17.2. The zero-order valence-corrected chi connectivity index (χ0v) is 18.6. The van der Waals surface area contributed by atoms with Crippen LogP contribution in [0.2, 0.25) is 0 Å². The minimum Gasteiger partial charge on any atom is -0.379 e. The van der Waals surface area contributed by atoms with Crippen molar-refractivity contribution in [3.05, 3.63) is 82.6 Å². The van der Waals surface area contributed by atoms with E-state index in [4.69, 9.17) is 0 Å². The fraction of sp³-hybridized carbons (Fsp3) is 0.174. The van der Waals surface area contributed by atoms with Gasteiger partial charge in [-0.3, -0.25) is 9.48 Å². The molecule has 2 aromatic carbocycles. The van der Waals surface area contributed by atoms with E-state index in [2.05, 4.69) is 20.7 Å². The molecule has 0 bridgehead atoms. The number of nitrogens with one attached hydrogen (secondary N) is 2. The molecule has 2 N–H and O–H groups in total. The summed E-state index contributed by atoms with van der Waals surface area (Å²) in [7, 11) is 1.85. The smallest absolute Gasteiger partial charge is 0.379 e. The molecular weight excluding hydrogens is 451 g/mol. The molecule has 33 heavy (non-hydrogen) atoms. The molecule has 0 unspecified atom stereocenters. The quantitative estimate of drug-likeness (QED) is 0.376. The van der Waals surface area contributed by atoms with Crippen molar-refractivity contribution in [2.75, 3.05) is 10.6 Å². The predicted molar refractivity (Wildman–Crippen MR) is 122 cm³/mol. The Morgan fingerprint density at radius 3 is 2.73 bits per heavy atom. The number of hydrogen-bond donors (Lipinski definition) is 2. The van der Waals surface area contributed by atoms with Gasteiger partial charge in [0.25, 0.3) is 5.91 Å². The Morgan fingerprint density at radius 1 is 1.18 bits per heavy atom. The number of carbonyl (C=O) groups excluding carboxylic acids is 1. The van der Waals surface area contributed by atoms with Gasteiger partial charge >= 0.3 is 6.18 Å². The lowest BCUT2D eigenvalue weighted by Crippen LogP contribution is -2.14. The van der Waals surface area contributed by atoms with Gasteiger partial charge in [0, 0.05) is 41.1 Å². The molecular formula is C23H20F3N5OS. The number of hydrogen-bond acceptors (Lipinski definition) is 5. The highest BCUT2D eigenvalue weighted by molar-refractivity contribution is 7.13. The first kappa shape index (κ1) is 22.5. The molecule has 0 saturated heterocycles. The monoisotopic (exact) mass is 471 g/mol. The Kier molecular flexibility index (Phi) is 6.19. The third-order valence-electron chi connectivity index (χ3n) is 4.91. The minimum atomic E-state index is -4.48. The number of carbonyl (C=O) groups is 1. The van der Waals surface area contributed by atoms with Gasteiger partial charge in [0.1, 0.15) is 5.01 Å². The molecule has 0 fully saturated rings. The highest BCUT2D eigenvalue weighted by atomic mass is 32.1. The van der Waals surface area contributed by atoms with E-state index in [-0.39, 0.29) is 5.69 Å². The predicted octanol–water partition coefficient (Wildman–Crippen LogP) is 5.74. The van der Waals surface area contributed by atoms with Gasteiger partial charge in [0.15, 0.2) is 0 Å². The summed E-state index contributed by atoms with van der Waals surface area (Å²) in [5, 5.41) is 12.8. The standard InChI is InChI=1S/C23H20F3N5OS/c1-14-6-7-15(21(32)29-18-5-3-4-17(9-18)23(24,25)26)8-20(14)27-11-19-13-33-22(30-19)16-10-28-31(2)12-16/h3-10,12-13,27H,11H2,1-2H3,(H,29,32). The number of aryl methyl sites for hydroxylation is 2. The minimum absolute atomic E-state index is 0.0790. The van der Waals surface area contributed by atoms with Crippen molar-refractivity contribution in [2.24, 2.45) is 7.05 Å². The molecule has 0 atom stereocenters. The lowest BCUT2D eigenvalue weighted by molar-refractivity contribution is -0.137. The fourth-order valence-corrected chi connectivity index (χ4v) is 3.96. The number of alkyl halides is 3. The molecule has 2 aromatic heterocycles. The van der Waals surface area contributed by atoms with E-state index in [0.29, 0.717) is 12.1 Å². The average Bonchev–Trinajstić information content (AvgIpc) is 3.41. The van der Waals surface area contributed by atoms with Gasteiger partial charge in [-0.05, 0) is 42.8 Å². The lowest BCUT2D eigenvalue weighted by atomic mass is 10.1. The molecule has 0 spiro atoms. The molecule has 6 nitrogen and oxygen atoms in total. The number of thiazole rings is 1. The summed E-state index contributed by atoms with van der Waals surface area (Å²) in [5.74, 6) is -0.495. The van der Waals surface area contributed by atoms with Gasteiger partial charge in [-0.2, -0.15) is 18.3 Å². The first-order valence-electron chi connectivity index (χ1n) is 9.95. The van der Waals surface area contributed by atoms with Gasteiger partial charge < -0.3 is 10.6 Å². The van der Waals surface area contributed by atoms with Gasteiger partial charge in [-0.1, -0.05) is 12.1 Å². The van der Waals surface area contributed by atoms with Crippen LogP contribution in [0.25, 0.3) is 10.6 Å². The molecule has 10 heteroatoms. The van der Waals surface area contributed by atoms with Crippen molar-refractivity contribution in [1.82, 2.24) is 14.8 Å². The van der Waals surface area contributed by atoms with E-state index in [1.807, 2.05) is 25.5 Å². The van der Waals surface area contributed by atoms with Gasteiger partial charge in [-0.25, -0.2) is 4.98 Å². The van der Waals surface area contributed by atoms with Crippen molar-refractivity contribution < 1.29 is 18.0 Å². The van der Waals surface area contributed by atoms with Crippen LogP contribution in [0.3, 0.4) is 0 Å². The van der Waals surface area contributed by atoms with E-state index in [1.165, 1.54) is 23.5 Å². The van der Waals surface area contributed by atoms with Crippen LogP contribution in [0.1, 0.15) is 27.2 Å². The second kappa shape index (κ2) is 9.07. The van der Waals surface area contributed by atoms with Crippen molar-refractivity contribution in [1.29, 1.82) is 0 Å². The van der Waals surface area contributed by atoms with Crippen LogP contribution >= 0.6 is 11.3 Å². The molecule has 0 aliphatic carbocycles. The number of aromatic nitrogens is 3. The summed E-state index contributed by atoms with van der Waals surface area (Å²) in [5.41, 5.74) is 3.04. The molecule has 4 aromatic rings. The Morgan fingerprint density at radius 2 is 2.00 bits per heavy atom. The fourth-order valence-electron chi connectivity index (χ4n) is 3.17. The average molecular weight is 472 g/mol. The van der Waals surface area contributed by atoms with Gasteiger partial charge in [0.2, 0.25) is 0 Å². The van der Waals surface area contributed by atoms with Crippen molar-refractivity contribution in [2.45, 2.75) is 19.6 Å². The van der Waals surface area contributed by atoms with Crippen LogP contribution in [-0.2, 0) is 19.8 Å². The maximum absolute atomic E-state index is 12.9. The third-order valence-corrected chi connectivity index (χ3v) is 5.85. The lowest BCUT2D eigenvalue weighted by Gasteiger charge is -2.12. The number of rotatable bonds is 6. The Hall–Kier alpha value is -3.66. The van der Waals surface area contributed by atoms with E-state index in [0.717, 1.165) is 39.6 Å². The first-order valence-corrected chi connectivity index (χ1v) is 10.8. The molecule has 4 rings (SSSR count). The van der Waals surface area contributed by atoms with Gasteiger partial charge in [-0.15, -0.1) is 11.3 Å². The number of nitrogens with zero attached hydrogens (tertiary/aromatic N) is 3. The van der Waals surface area contributed by atoms with Crippen LogP contribution in [0.4, 0.5) is 24.5 Å². The Bertz CT molecular complexity index is 1300. The van der Waals surface area contributed by atoms with Crippen LogP contribution in [0, 0.1) is 6.92 Å². The van der Waals surface area contributed by atoms with Crippen molar-refractivity contribution in [3.63, 3.8) is 0 Å². The second-order valence-corrected chi connectivity index (χ2v) is 8.32. The zero-order chi connectivity index (χ0) is 23.6. The molecule has 0 aliphatic rings. The van der Waals surface area contributed by atoms with Crippen LogP contribution < -0.4 is 10.6 Å². The number of amides is 1. The largest absolute Gasteiger partial charge is 0.416 e. The summed E-state index contributed by atoms with van der Waals surface area (Å²) < 4.78 is 40.5. The zero-order valence-electron chi connectivity index (χ0n) is 17.8. The normalized spacial score (nSPS) is 11.4. The van der Waals surface area contributed by atoms with Crippen molar-refractivity contribution >= 4 is 28.6 Å². The summed E-state index contributed by atoms with van der Waals surface area (Å²) >= 11 is 1.52. The van der Waals surface area contributed by atoms with E-state index < -0.39 is 17.6 Å².